The van der Waals surface area contributed by atoms with Crippen molar-refractivity contribution in [3.05, 3.63) is 28.0 Å². The Morgan fingerprint density at radius 3 is 2.97 bits per heavy atom. The fraction of sp³-hybridized carbons (Fsp3) is 0.571. The minimum atomic E-state index is -0.234. The van der Waals surface area contributed by atoms with Gasteiger partial charge in [-0.2, -0.15) is 4.99 Å². The number of hydrogen-bond donors (Lipinski definition) is 0. The highest BCUT2D eigenvalue weighted by atomic mass is 35.5. The van der Waals surface area contributed by atoms with Crippen molar-refractivity contribution in [3.8, 4) is 0 Å². The van der Waals surface area contributed by atoms with Gasteiger partial charge in [0.1, 0.15) is 0 Å². The van der Waals surface area contributed by atoms with E-state index in [-0.39, 0.29) is 17.6 Å². The van der Waals surface area contributed by atoms with Crippen molar-refractivity contribution >= 4 is 56.7 Å². The lowest BCUT2D eigenvalue weighted by Crippen LogP contribution is -2.40. The summed E-state index contributed by atoms with van der Waals surface area (Å²) in [5.74, 6) is 0.943. The van der Waals surface area contributed by atoms with Crippen LogP contribution in [0.5, 0.6) is 0 Å². The maximum Gasteiger partial charge on any atom is 0.258 e. The Morgan fingerprint density at radius 2 is 2.20 bits per heavy atom. The third-order valence-electron chi connectivity index (χ3n) is 4.99. The highest BCUT2D eigenvalue weighted by Gasteiger charge is 2.20. The largest absolute Gasteiger partial charge is 0.380 e. The minimum Gasteiger partial charge on any atom is -0.380 e. The number of carbonyl (C=O) groups is 2. The fourth-order valence-electron chi connectivity index (χ4n) is 3.52. The van der Waals surface area contributed by atoms with Crippen molar-refractivity contribution in [2.24, 2.45) is 10.9 Å². The maximum absolute atomic E-state index is 12.5. The summed E-state index contributed by atoms with van der Waals surface area (Å²) >= 11 is 8.89. The van der Waals surface area contributed by atoms with Gasteiger partial charge in [-0.15, -0.1) is 11.8 Å². The van der Waals surface area contributed by atoms with E-state index in [0.29, 0.717) is 41.3 Å². The second kappa shape index (κ2) is 11.3. The van der Waals surface area contributed by atoms with E-state index in [1.807, 2.05) is 34.6 Å². The quantitative estimate of drug-likeness (QED) is 0.551. The molecule has 2 amide bonds. The van der Waals surface area contributed by atoms with Crippen molar-refractivity contribution in [2.45, 2.75) is 33.2 Å². The van der Waals surface area contributed by atoms with E-state index in [1.165, 1.54) is 29.5 Å². The zero-order chi connectivity index (χ0) is 21.5. The molecule has 1 aliphatic heterocycles. The first-order valence-electron chi connectivity index (χ1n) is 10.3. The average Bonchev–Trinajstić information content (AvgIpc) is 3.04. The fourth-order valence-corrected chi connectivity index (χ4v) is 5.57. The molecule has 1 saturated heterocycles. The first-order chi connectivity index (χ1) is 14.5. The van der Waals surface area contributed by atoms with Crippen LogP contribution in [0.2, 0.25) is 5.02 Å². The molecular weight excluding hydrogens is 442 g/mol. The molecule has 0 radical (unpaired) electrons. The lowest BCUT2D eigenvalue weighted by atomic mass is 10.0. The summed E-state index contributed by atoms with van der Waals surface area (Å²) in [4.78, 5) is 31.7. The third-order valence-corrected chi connectivity index (χ3v) is 7.17. The lowest BCUT2D eigenvalue weighted by Gasteiger charge is -2.30. The summed E-state index contributed by atoms with van der Waals surface area (Å²) < 4.78 is 8.45. The molecule has 1 atom stereocenters. The van der Waals surface area contributed by atoms with Gasteiger partial charge in [-0.1, -0.05) is 29.9 Å². The van der Waals surface area contributed by atoms with Gasteiger partial charge in [0, 0.05) is 31.3 Å². The van der Waals surface area contributed by atoms with Crippen LogP contribution in [0, 0.1) is 5.92 Å². The van der Waals surface area contributed by atoms with Crippen LogP contribution >= 0.6 is 34.7 Å². The summed E-state index contributed by atoms with van der Waals surface area (Å²) in [5.41, 5.74) is 0.984. The molecule has 1 unspecified atom stereocenters. The standard InChI is InChI=1S/C21H28ClN3O3S2/c1-3-28-10-9-25-17-7-6-16(22)11-18(17)30-21(25)23-19(26)13-29-14-20(27)24-8-4-5-15(2)12-24/h6-7,11,15H,3-5,8-10,12-14H2,1-2H3. The van der Waals surface area contributed by atoms with E-state index >= 15 is 0 Å². The molecule has 0 bridgehead atoms. The van der Waals surface area contributed by atoms with Gasteiger partial charge in [0.15, 0.2) is 4.80 Å². The van der Waals surface area contributed by atoms with Crippen LogP contribution in [0.15, 0.2) is 23.2 Å². The molecule has 164 valence electrons. The number of thiazole rings is 1. The SMILES string of the molecule is CCOCCn1c(=NC(=O)CSCC(=O)N2CCCC(C)C2)sc2cc(Cl)ccc21. The summed E-state index contributed by atoms with van der Waals surface area (Å²) in [6.07, 6.45) is 2.24. The number of halogens is 1. The molecule has 0 N–H and O–H groups in total. The van der Waals surface area contributed by atoms with Crippen LogP contribution in [0.1, 0.15) is 26.7 Å². The molecule has 9 heteroatoms. The molecule has 1 aromatic heterocycles. The maximum atomic E-state index is 12.5. The molecule has 0 spiro atoms. The van der Waals surface area contributed by atoms with Crippen LogP contribution in [0.4, 0.5) is 0 Å². The molecule has 3 rings (SSSR count). The topological polar surface area (TPSA) is 63.9 Å². The van der Waals surface area contributed by atoms with Crippen LogP contribution in [-0.4, -0.2) is 59.1 Å². The molecule has 2 heterocycles. The molecule has 1 aromatic carbocycles. The van der Waals surface area contributed by atoms with Crippen LogP contribution in [0.3, 0.4) is 0 Å². The Bertz CT molecular complexity index is 957. The number of likely N-dealkylation sites (tertiary alicyclic amines) is 1. The molecule has 0 saturated carbocycles. The van der Waals surface area contributed by atoms with Crippen molar-refractivity contribution in [1.82, 2.24) is 9.47 Å². The van der Waals surface area contributed by atoms with Gasteiger partial charge in [0.05, 0.1) is 28.3 Å². The number of benzene rings is 1. The average molecular weight is 470 g/mol. The number of ether oxygens (including phenoxy) is 1. The third kappa shape index (κ3) is 6.33. The predicted molar refractivity (Wildman–Crippen MR) is 124 cm³/mol. The molecular formula is C21H28ClN3O3S2. The van der Waals surface area contributed by atoms with E-state index in [9.17, 15) is 9.59 Å². The molecule has 0 aliphatic carbocycles. The molecule has 2 aromatic rings. The number of piperidine rings is 1. The summed E-state index contributed by atoms with van der Waals surface area (Å²) in [5, 5.41) is 0.652. The van der Waals surface area contributed by atoms with Crippen LogP contribution < -0.4 is 4.80 Å². The number of hydrogen-bond acceptors (Lipinski definition) is 5. The van der Waals surface area contributed by atoms with Gasteiger partial charge >= 0.3 is 0 Å². The second-order valence-electron chi connectivity index (χ2n) is 7.43. The Hall–Kier alpha value is -1.35. The molecule has 1 fully saturated rings. The Balaban J connectivity index is 1.65. The number of fused-ring (bicyclic) bond motifs is 1. The van der Waals surface area contributed by atoms with Crippen LogP contribution in [-0.2, 0) is 20.9 Å². The van der Waals surface area contributed by atoms with Crippen molar-refractivity contribution in [3.63, 3.8) is 0 Å². The summed E-state index contributed by atoms with van der Waals surface area (Å²) in [7, 11) is 0. The molecule has 1 aliphatic rings. The van der Waals surface area contributed by atoms with Gasteiger partial charge in [-0.05, 0) is 43.9 Å². The van der Waals surface area contributed by atoms with E-state index in [1.54, 1.807) is 0 Å². The lowest BCUT2D eigenvalue weighted by molar-refractivity contribution is -0.130. The van der Waals surface area contributed by atoms with E-state index in [0.717, 1.165) is 29.7 Å². The Morgan fingerprint density at radius 1 is 1.37 bits per heavy atom. The number of aromatic nitrogens is 1. The first-order valence-corrected chi connectivity index (χ1v) is 12.6. The Labute approximate surface area is 190 Å². The van der Waals surface area contributed by atoms with E-state index < -0.39 is 0 Å². The van der Waals surface area contributed by atoms with Crippen LogP contribution in [0.25, 0.3) is 10.2 Å². The Kier molecular flexibility index (Phi) is 8.80. The number of amides is 2. The summed E-state index contributed by atoms with van der Waals surface area (Å²) in [6, 6.07) is 5.66. The van der Waals surface area contributed by atoms with Gasteiger partial charge in [0.25, 0.3) is 5.91 Å². The monoisotopic (exact) mass is 469 g/mol. The van der Waals surface area contributed by atoms with Crippen molar-refractivity contribution in [1.29, 1.82) is 0 Å². The van der Waals surface area contributed by atoms with Gasteiger partial charge in [0.2, 0.25) is 5.91 Å². The van der Waals surface area contributed by atoms with Gasteiger partial charge in [-0.25, -0.2) is 0 Å². The van der Waals surface area contributed by atoms with Gasteiger partial charge in [-0.3, -0.25) is 9.59 Å². The minimum absolute atomic E-state index is 0.114. The number of nitrogens with zero attached hydrogens (tertiary/aromatic N) is 3. The first kappa shape index (κ1) is 23.3. The summed E-state index contributed by atoms with van der Waals surface area (Å²) in [6.45, 7) is 7.57. The van der Waals surface area contributed by atoms with Crippen molar-refractivity contribution < 1.29 is 14.3 Å². The van der Waals surface area contributed by atoms with Gasteiger partial charge < -0.3 is 14.2 Å². The second-order valence-corrected chi connectivity index (χ2v) is 9.86. The smallest absolute Gasteiger partial charge is 0.258 e. The van der Waals surface area contributed by atoms with E-state index in [2.05, 4.69) is 11.9 Å². The highest BCUT2D eigenvalue weighted by molar-refractivity contribution is 8.00. The highest BCUT2D eigenvalue weighted by Crippen LogP contribution is 2.22. The van der Waals surface area contributed by atoms with E-state index in [4.69, 9.17) is 16.3 Å². The number of thioether (sulfide) groups is 1. The number of rotatable bonds is 8. The molecule has 6 nitrogen and oxygen atoms in total. The zero-order valence-corrected chi connectivity index (χ0v) is 19.8. The predicted octanol–water partition coefficient (Wildman–Crippen LogP) is 3.81. The normalized spacial score (nSPS) is 17.6. The van der Waals surface area contributed by atoms with Crippen molar-refractivity contribution in [2.75, 3.05) is 37.8 Å². The molecule has 30 heavy (non-hydrogen) atoms. The zero-order valence-electron chi connectivity index (χ0n) is 17.4. The number of carbonyl (C=O) groups excluding carboxylic acids is 2.